The van der Waals surface area contributed by atoms with Gasteiger partial charge in [0.1, 0.15) is 0 Å². The largest absolute Gasteiger partial charge is 0.336 e. The molecule has 1 unspecified atom stereocenters. The second kappa shape index (κ2) is 8.20. The van der Waals surface area contributed by atoms with Gasteiger partial charge in [-0.15, -0.1) is 0 Å². The zero-order chi connectivity index (χ0) is 17.6. The lowest BCUT2D eigenvalue weighted by atomic mass is 10.2. The van der Waals surface area contributed by atoms with Crippen LogP contribution < -0.4 is 20.9 Å². The lowest BCUT2D eigenvalue weighted by molar-refractivity contribution is 0.222. The van der Waals surface area contributed by atoms with E-state index in [-0.39, 0.29) is 12.1 Å². The van der Waals surface area contributed by atoms with Gasteiger partial charge in [0, 0.05) is 37.1 Å². The summed E-state index contributed by atoms with van der Waals surface area (Å²) in [5, 5.41) is 8.61. The van der Waals surface area contributed by atoms with Crippen molar-refractivity contribution < 1.29 is 9.59 Å². The Balaban J connectivity index is 1.53. The second-order valence-corrected chi connectivity index (χ2v) is 6.57. The molecule has 25 heavy (non-hydrogen) atoms. The Hall–Kier alpha value is -2.28. The number of carbonyl (C=O) groups excluding carboxylic acids is 2. The molecule has 0 aromatic heterocycles. The van der Waals surface area contributed by atoms with Crippen LogP contribution in [0.4, 0.5) is 21.0 Å². The molecule has 4 amide bonds. The van der Waals surface area contributed by atoms with Crippen molar-refractivity contribution in [3.63, 3.8) is 0 Å². The summed E-state index contributed by atoms with van der Waals surface area (Å²) in [4.78, 5) is 28.1. The fourth-order valence-electron chi connectivity index (χ4n) is 3.49. The van der Waals surface area contributed by atoms with E-state index in [9.17, 15) is 9.59 Å². The Bertz CT molecular complexity index is 615. The molecule has 1 aromatic rings. The lowest BCUT2D eigenvalue weighted by Crippen LogP contribution is -2.43. The van der Waals surface area contributed by atoms with Gasteiger partial charge in [-0.25, -0.2) is 9.59 Å². The fraction of sp³-hybridized carbons (Fsp3) is 0.556. The third-order valence-electron chi connectivity index (χ3n) is 4.90. The van der Waals surface area contributed by atoms with Gasteiger partial charge in [-0.2, -0.15) is 0 Å². The van der Waals surface area contributed by atoms with Crippen LogP contribution in [-0.4, -0.2) is 55.7 Å². The topological polar surface area (TPSA) is 76.7 Å². The molecule has 0 radical (unpaired) electrons. The zero-order valence-corrected chi connectivity index (χ0v) is 14.8. The van der Waals surface area contributed by atoms with Crippen molar-refractivity contribution in [3.05, 3.63) is 24.3 Å². The zero-order valence-electron chi connectivity index (χ0n) is 14.8. The van der Waals surface area contributed by atoms with Gasteiger partial charge in [-0.1, -0.05) is 13.0 Å². The van der Waals surface area contributed by atoms with E-state index in [0.29, 0.717) is 31.4 Å². The molecule has 0 bridgehead atoms. The summed E-state index contributed by atoms with van der Waals surface area (Å²) in [6.07, 6.45) is 3.53. The van der Waals surface area contributed by atoms with Crippen LogP contribution in [0.2, 0.25) is 0 Å². The van der Waals surface area contributed by atoms with Crippen LogP contribution in [-0.2, 0) is 0 Å². The average molecular weight is 345 g/mol. The van der Waals surface area contributed by atoms with E-state index in [1.54, 1.807) is 4.90 Å². The van der Waals surface area contributed by atoms with Crippen molar-refractivity contribution in [3.8, 4) is 0 Å². The molecule has 0 spiro atoms. The van der Waals surface area contributed by atoms with E-state index in [0.717, 1.165) is 25.2 Å². The summed E-state index contributed by atoms with van der Waals surface area (Å²) in [7, 11) is 0. The number of carbonyl (C=O) groups is 2. The third kappa shape index (κ3) is 4.42. The molecule has 2 saturated heterocycles. The SMILES string of the molecule is CCC(CNC(=O)Nc1cccc(N2CCNC2=O)c1)N1CCCC1. The van der Waals surface area contributed by atoms with Gasteiger partial charge in [-0.3, -0.25) is 9.80 Å². The Morgan fingerprint density at radius 1 is 1.28 bits per heavy atom. The quantitative estimate of drug-likeness (QED) is 0.740. The molecule has 2 fully saturated rings. The normalized spacial score (nSPS) is 18.9. The first-order valence-electron chi connectivity index (χ1n) is 9.11. The minimum Gasteiger partial charge on any atom is -0.336 e. The van der Waals surface area contributed by atoms with Gasteiger partial charge in [0.05, 0.1) is 0 Å². The number of likely N-dealkylation sites (tertiary alicyclic amines) is 1. The first kappa shape index (κ1) is 17.5. The number of nitrogens with zero attached hydrogens (tertiary/aromatic N) is 2. The number of amides is 4. The highest BCUT2D eigenvalue weighted by molar-refractivity contribution is 5.95. The summed E-state index contributed by atoms with van der Waals surface area (Å²) in [5.74, 6) is 0. The van der Waals surface area contributed by atoms with Crippen LogP contribution >= 0.6 is 0 Å². The van der Waals surface area contributed by atoms with E-state index in [2.05, 4.69) is 27.8 Å². The first-order chi connectivity index (χ1) is 12.2. The molecule has 2 aliphatic heterocycles. The molecule has 3 N–H and O–H groups in total. The molecular formula is C18H27N5O2. The molecule has 1 atom stereocenters. The smallest absolute Gasteiger partial charge is 0.321 e. The number of anilines is 2. The van der Waals surface area contributed by atoms with E-state index >= 15 is 0 Å². The molecule has 136 valence electrons. The summed E-state index contributed by atoms with van der Waals surface area (Å²) in [5.41, 5.74) is 1.47. The minimum absolute atomic E-state index is 0.0991. The van der Waals surface area contributed by atoms with E-state index in [4.69, 9.17) is 0 Å². The van der Waals surface area contributed by atoms with E-state index in [1.165, 1.54) is 12.8 Å². The predicted molar refractivity (Wildman–Crippen MR) is 99.1 cm³/mol. The van der Waals surface area contributed by atoms with E-state index in [1.807, 2.05) is 24.3 Å². The summed E-state index contributed by atoms with van der Waals surface area (Å²) in [6.45, 7) is 6.35. The Labute approximate surface area is 148 Å². The van der Waals surface area contributed by atoms with Gasteiger partial charge in [0.15, 0.2) is 0 Å². The van der Waals surface area contributed by atoms with Crippen molar-refractivity contribution in [1.82, 2.24) is 15.5 Å². The van der Waals surface area contributed by atoms with Crippen molar-refractivity contribution in [1.29, 1.82) is 0 Å². The summed E-state index contributed by atoms with van der Waals surface area (Å²) >= 11 is 0. The van der Waals surface area contributed by atoms with Crippen LogP contribution in [0.15, 0.2) is 24.3 Å². The third-order valence-corrected chi connectivity index (χ3v) is 4.90. The number of rotatable bonds is 6. The first-order valence-corrected chi connectivity index (χ1v) is 9.11. The van der Waals surface area contributed by atoms with E-state index < -0.39 is 0 Å². The molecule has 7 heteroatoms. The van der Waals surface area contributed by atoms with Crippen molar-refractivity contribution >= 4 is 23.4 Å². The number of urea groups is 2. The number of hydrogen-bond acceptors (Lipinski definition) is 3. The average Bonchev–Trinajstić information content (AvgIpc) is 3.27. The summed E-state index contributed by atoms with van der Waals surface area (Å²) < 4.78 is 0. The van der Waals surface area contributed by atoms with Crippen LogP contribution in [0.1, 0.15) is 26.2 Å². The van der Waals surface area contributed by atoms with Crippen LogP contribution in [0, 0.1) is 0 Å². The highest BCUT2D eigenvalue weighted by atomic mass is 16.2. The number of benzene rings is 1. The summed E-state index contributed by atoms with van der Waals surface area (Å²) in [6, 6.07) is 7.45. The number of hydrogen-bond donors (Lipinski definition) is 3. The maximum Gasteiger partial charge on any atom is 0.321 e. The van der Waals surface area contributed by atoms with Crippen molar-refractivity contribution in [2.24, 2.45) is 0 Å². The molecular weight excluding hydrogens is 318 g/mol. The molecule has 2 heterocycles. The second-order valence-electron chi connectivity index (χ2n) is 6.57. The molecule has 0 aliphatic carbocycles. The van der Waals surface area contributed by atoms with Crippen molar-refractivity contribution in [2.75, 3.05) is 42.9 Å². The van der Waals surface area contributed by atoms with Crippen molar-refractivity contribution in [2.45, 2.75) is 32.2 Å². The highest BCUT2D eigenvalue weighted by Gasteiger charge is 2.22. The van der Waals surface area contributed by atoms with Gasteiger partial charge in [0.2, 0.25) is 0 Å². The molecule has 7 nitrogen and oxygen atoms in total. The maximum atomic E-state index is 12.2. The molecule has 2 aliphatic rings. The number of nitrogens with one attached hydrogen (secondary N) is 3. The predicted octanol–water partition coefficient (Wildman–Crippen LogP) is 2.21. The van der Waals surface area contributed by atoms with Crippen LogP contribution in [0.3, 0.4) is 0 Å². The Kier molecular flexibility index (Phi) is 5.75. The van der Waals surface area contributed by atoms with Gasteiger partial charge in [0.25, 0.3) is 0 Å². The van der Waals surface area contributed by atoms with Gasteiger partial charge >= 0.3 is 12.1 Å². The fourth-order valence-corrected chi connectivity index (χ4v) is 3.49. The standard InChI is InChI=1S/C18H27N5O2/c1-2-15(22-9-3-4-10-22)13-20-17(24)21-14-6-5-7-16(12-14)23-11-8-19-18(23)25/h5-7,12,15H,2-4,8-11,13H2,1H3,(H,19,25)(H2,20,21,24). The highest BCUT2D eigenvalue weighted by Crippen LogP contribution is 2.21. The molecule has 0 saturated carbocycles. The minimum atomic E-state index is -0.208. The monoisotopic (exact) mass is 345 g/mol. The van der Waals surface area contributed by atoms with Gasteiger partial charge in [-0.05, 0) is 50.6 Å². The maximum absolute atomic E-state index is 12.2. The van der Waals surface area contributed by atoms with Crippen LogP contribution in [0.5, 0.6) is 0 Å². The van der Waals surface area contributed by atoms with Gasteiger partial charge < -0.3 is 16.0 Å². The lowest BCUT2D eigenvalue weighted by Gasteiger charge is -2.26. The Morgan fingerprint density at radius 3 is 2.76 bits per heavy atom. The Morgan fingerprint density at radius 2 is 2.08 bits per heavy atom. The molecule has 3 rings (SSSR count). The van der Waals surface area contributed by atoms with Crippen LogP contribution in [0.25, 0.3) is 0 Å². The molecule has 1 aromatic carbocycles.